The standard InChI is InChI=1S/C15H17BrN2O2S2/c1-12-4-2-3-5-13(12)17-8-10-18(11-9-17)22(19,20)15-7-6-14(16)21-15/h2-7H,8-11H2,1H3. The zero-order valence-electron chi connectivity index (χ0n) is 12.2. The molecular formula is C15H17BrN2O2S2. The van der Waals surface area contributed by atoms with Crippen LogP contribution in [0.2, 0.25) is 0 Å². The molecular weight excluding hydrogens is 384 g/mol. The Morgan fingerprint density at radius 1 is 1.05 bits per heavy atom. The number of halogens is 1. The number of sulfonamides is 1. The fourth-order valence-corrected chi connectivity index (χ4v) is 6.24. The Hall–Kier alpha value is -0.890. The number of rotatable bonds is 3. The van der Waals surface area contributed by atoms with E-state index < -0.39 is 10.0 Å². The summed E-state index contributed by atoms with van der Waals surface area (Å²) in [7, 11) is -3.36. The molecule has 0 unspecified atom stereocenters. The topological polar surface area (TPSA) is 40.6 Å². The van der Waals surface area contributed by atoms with Crippen molar-refractivity contribution in [3.05, 3.63) is 45.7 Å². The van der Waals surface area contributed by atoms with Crippen LogP contribution in [-0.4, -0.2) is 38.9 Å². The van der Waals surface area contributed by atoms with Crippen molar-refractivity contribution in [3.8, 4) is 0 Å². The highest BCUT2D eigenvalue weighted by Crippen LogP contribution is 2.29. The first-order chi connectivity index (χ1) is 10.5. The zero-order chi connectivity index (χ0) is 15.7. The molecule has 0 saturated carbocycles. The van der Waals surface area contributed by atoms with Crippen LogP contribution in [0.3, 0.4) is 0 Å². The summed E-state index contributed by atoms with van der Waals surface area (Å²) in [6.45, 7) is 4.56. The van der Waals surface area contributed by atoms with Crippen LogP contribution in [0.4, 0.5) is 5.69 Å². The predicted molar refractivity (Wildman–Crippen MR) is 94.2 cm³/mol. The van der Waals surface area contributed by atoms with E-state index >= 15 is 0 Å². The molecule has 2 heterocycles. The van der Waals surface area contributed by atoms with E-state index in [-0.39, 0.29) is 0 Å². The highest BCUT2D eigenvalue weighted by Gasteiger charge is 2.29. The van der Waals surface area contributed by atoms with Gasteiger partial charge < -0.3 is 4.90 Å². The van der Waals surface area contributed by atoms with E-state index in [0.717, 1.165) is 16.9 Å². The van der Waals surface area contributed by atoms with Crippen molar-refractivity contribution in [3.63, 3.8) is 0 Å². The maximum atomic E-state index is 12.6. The zero-order valence-corrected chi connectivity index (χ0v) is 15.4. The van der Waals surface area contributed by atoms with Gasteiger partial charge in [0.2, 0.25) is 0 Å². The molecule has 22 heavy (non-hydrogen) atoms. The summed E-state index contributed by atoms with van der Waals surface area (Å²) < 4.78 is 28.0. The summed E-state index contributed by atoms with van der Waals surface area (Å²) in [6.07, 6.45) is 0. The minimum Gasteiger partial charge on any atom is -0.369 e. The summed E-state index contributed by atoms with van der Waals surface area (Å²) in [6, 6.07) is 11.7. The highest BCUT2D eigenvalue weighted by atomic mass is 79.9. The third kappa shape index (κ3) is 3.08. The minimum absolute atomic E-state index is 0.406. The lowest BCUT2D eigenvalue weighted by Gasteiger charge is -2.35. The van der Waals surface area contributed by atoms with Crippen molar-refractivity contribution >= 4 is 43.0 Å². The van der Waals surface area contributed by atoms with Crippen LogP contribution in [0.1, 0.15) is 5.56 Å². The minimum atomic E-state index is -3.36. The average molecular weight is 401 g/mol. The van der Waals surface area contributed by atoms with Crippen LogP contribution in [0.5, 0.6) is 0 Å². The number of nitrogens with zero attached hydrogens (tertiary/aromatic N) is 2. The van der Waals surface area contributed by atoms with Crippen LogP contribution < -0.4 is 4.90 Å². The molecule has 1 aromatic carbocycles. The monoisotopic (exact) mass is 400 g/mol. The van der Waals surface area contributed by atoms with Gasteiger partial charge in [0, 0.05) is 31.9 Å². The quantitative estimate of drug-likeness (QED) is 0.792. The van der Waals surface area contributed by atoms with E-state index in [0.29, 0.717) is 17.3 Å². The first-order valence-electron chi connectivity index (χ1n) is 7.04. The maximum Gasteiger partial charge on any atom is 0.252 e. The molecule has 0 atom stereocenters. The summed E-state index contributed by atoms with van der Waals surface area (Å²) in [4.78, 5) is 2.26. The van der Waals surface area contributed by atoms with Gasteiger partial charge in [-0.3, -0.25) is 0 Å². The van der Waals surface area contributed by atoms with Crippen LogP contribution >= 0.6 is 27.3 Å². The summed E-state index contributed by atoms with van der Waals surface area (Å²) >= 11 is 4.59. The molecule has 0 spiro atoms. The second-order valence-electron chi connectivity index (χ2n) is 5.24. The van der Waals surface area contributed by atoms with E-state index in [9.17, 15) is 8.42 Å². The third-order valence-electron chi connectivity index (χ3n) is 3.84. The Labute approximate surface area is 143 Å². The van der Waals surface area contributed by atoms with Crippen LogP contribution in [0.15, 0.2) is 44.4 Å². The van der Waals surface area contributed by atoms with E-state index in [2.05, 4.69) is 39.9 Å². The molecule has 2 aromatic rings. The van der Waals surface area contributed by atoms with E-state index in [1.807, 2.05) is 12.1 Å². The van der Waals surface area contributed by atoms with E-state index in [1.54, 1.807) is 16.4 Å². The second kappa shape index (κ2) is 6.31. The maximum absolute atomic E-state index is 12.6. The van der Waals surface area contributed by atoms with Gasteiger partial charge in [0.15, 0.2) is 0 Å². The molecule has 7 heteroatoms. The Kier molecular flexibility index (Phi) is 4.59. The Balaban J connectivity index is 1.73. The van der Waals surface area contributed by atoms with Gasteiger partial charge in [-0.1, -0.05) is 18.2 Å². The molecule has 0 aliphatic carbocycles. The Morgan fingerprint density at radius 2 is 1.73 bits per heavy atom. The first kappa shape index (κ1) is 16.0. The fraction of sp³-hybridized carbons (Fsp3) is 0.333. The molecule has 1 aromatic heterocycles. The molecule has 0 amide bonds. The number of aryl methyl sites for hydroxylation is 1. The van der Waals surface area contributed by atoms with Gasteiger partial charge in [-0.25, -0.2) is 8.42 Å². The molecule has 3 rings (SSSR count). The number of anilines is 1. The van der Waals surface area contributed by atoms with Crippen molar-refractivity contribution in [1.82, 2.24) is 4.31 Å². The Bertz CT molecular complexity index is 765. The fourth-order valence-electron chi connectivity index (χ4n) is 2.65. The normalized spacial score (nSPS) is 16.9. The number of piperazine rings is 1. The number of hydrogen-bond donors (Lipinski definition) is 0. The van der Waals surface area contributed by atoms with Crippen molar-refractivity contribution in [2.45, 2.75) is 11.1 Å². The third-order valence-corrected chi connectivity index (χ3v) is 7.83. The largest absolute Gasteiger partial charge is 0.369 e. The van der Waals surface area contributed by atoms with Gasteiger partial charge in [-0.2, -0.15) is 4.31 Å². The van der Waals surface area contributed by atoms with E-state index in [4.69, 9.17) is 0 Å². The lowest BCUT2D eigenvalue weighted by molar-refractivity contribution is 0.385. The van der Waals surface area contributed by atoms with Crippen molar-refractivity contribution < 1.29 is 8.42 Å². The summed E-state index contributed by atoms with van der Waals surface area (Å²) in [5.41, 5.74) is 2.42. The van der Waals surface area contributed by atoms with Gasteiger partial charge in [0.05, 0.1) is 3.79 Å². The highest BCUT2D eigenvalue weighted by molar-refractivity contribution is 9.11. The number of para-hydroxylation sites is 1. The van der Waals surface area contributed by atoms with Gasteiger partial charge in [0.1, 0.15) is 4.21 Å². The van der Waals surface area contributed by atoms with Crippen LogP contribution in [-0.2, 0) is 10.0 Å². The lowest BCUT2D eigenvalue weighted by atomic mass is 10.1. The van der Waals surface area contributed by atoms with Gasteiger partial charge in [-0.05, 0) is 46.6 Å². The molecule has 1 aliphatic heterocycles. The number of hydrogen-bond acceptors (Lipinski definition) is 4. The molecule has 0 N–H and O–H groups in total. The first-order valence-corrected chi connectivity index (χ1v) is 10.1. The van der Waals surface area contributed by atoms with Crippen molar-refractivity contribution in [2.24, 2.45) is 0 Å². The molecule has 0 radical (unpaired) electrons. The van der Waals surface area contributed by atoms with Crippen molar-refractivity contribution in [1.29, 1.82) is 0 Å². The van der Waals surface area contributed by atoms with Crippen molar-refractivity contribution in [2.75, 3.05) is 31.1 Å². The Morgan fingerprint density at radius 3 is 2.32 bits per heavy atom. The predicted octanol–water partition coefficient (Wildman–Crippen LogP) is 3.33. The molecule has 1 saturated heterocycles. The lowest BCUT2D eigenvalue weighted by Crippen LogP contribution is -2.48. The van der Waals surface area contributed by atoms with Gasteiger partial charge >= 0.3 is 0 Å². The summed E-state index contributed by atoms with van der Waals surface area (Å²) in [5.74, 6) is 0. The molecule has 1 aliphatic rings. The number of thiophene rings is 1. The van der Waals surface area contributed by atoms with Gasteiger partial charge in [0.25, 0.3) is 10.0 Å². The number of benzene rings is 1. The van der Waals surface area contributed by atoms with Crippen LogP contribution in [0.25, 0.3) is 0 Å². The molecule has 4 nitrogen and oxygen atoms in total. The molecule has 0 bridgehead atoms. The average Bonchev–Trinajstić information content (AvgIpc) is 2.95. The smallest absolute Gasteiger partial charge is 0.252 e. The molecule has 1 fully saturated rings. The second-order valence-corrected chi connectivity index (χ2v) is 9.86. The van der Waals surface area contributed by atoms with Crippen LogP contribution in [0, 0.1) is 6.92 Å². The molecule has 118 valence electrons. The van der Waals surface area contributed by atoms with Gasteiger partial charge in [-0.15, -0.1) is 11.3 Å². The van der Waals surface area contributed by atoms with E-state index in [1.165, 1.54) is 22.6 Å². The SMILES string of the molecule is Cc1ccccc1N1CCN(S(=O)(=O)c2ccc(Br)s2)CC1. The summed E-state index contributed by atoms with van der Waals surface area (Å²) in [5, 5.41) is 0.